The van der Waals surface area contributed by atoms with Gasteiger partial charge in [-0.3, -0.25) is 0 Å². The van der Waals surface area contributed by atoms with E-state index >= 15 is 0 Å². The molecular formula is C12H21N3S2. The van der Waals surface area contributed by atoms with Crippen LogP contribution in [0, 0.1) is 5.41 Å². The zero-order chi connectivity index (χ0) is 12.3. The van der Waals surface area contributed by atoms with Crippen molar-refractivity contribution in [1.29, 1.82) is 0 Å². The first-order valence-corrected chi connectivity index (χ1v) is 7.90. The van der Waals surface area contributed by atoms with Crippen LogP contribution in [-0.2, 0) is 13.0 Å². The third-order valence-corrected chi connectivity index (χ3v) is 5.44. The molecule has 0 radical (unpaired) electrons. The standard InChI is InChI=1S/C12H21N3S2/c1-12(2,8-16)9-17-11-14-13-10-6-4-3-5-7-15(10)11/h16H,3-9H2,1-2H3. The summed E-state index contributed by atoms with van der Waals surface area (Å²) in [7, 11) is 0. The number of aromatic nitrogens is 3. The van der Waals surface area contributed by atoms with E-state index < -0.39 is 0 Å². The molecule has 1 aliphatic rings. The van der Waals surface area contributed by atoms with Crippen LogP contribution in [-0.4, -0.2) is 26.3 Å². The van der Waals surface area contributed by atoms with Gasteiger partial charge in [0.2, 0.25) is 0 Å². The Morgan fingerprint density at radius 1 is 1.29 bits per heavy atom. The van der Waals surface area contributed by atoms with Crippen LogP contribution < -0.4 is 0 Å². The molecule has 0 bridgehead atoms. The van der Waals surface area contributed by atoms with E-state index in [1.165, 1.54) is 25.1 Å². The molecule has 1 aromatic rings. The van der Waals surface area contributed by atoms with Gasteiger partial charge in [0.1, 0.15) is 5.82 Å². The summed E-state index contributed by atoms with van der Waals surface area (Å²) < 4.78 is 2.31. The minimum Gasteiger partial charge on any atom is -0.306 e. The number of aryl methyl sites for hydroxylation is 1. The predicted molar refractivity (Wildman–Crippen MR) is 75.9 cm³/mol. The molecule has 0 atom stereocenters. The molecule has 0 spiro atoms. The first kappa shape index (κ1) is 13.3. The molecule has 1 aliphatic heterocycles. The first-order chi connectivity index (χ1) is 8.12. The van der Waals surface area contributed by atoms with Crippen LogP contribution in [0.1, 0.15) is 38.9 Å². The summed E-state index contributed by atoms with van der Waals surface area (Å²) in [5.74, 6) is 3.13. The molecule has 0 N–H and O–H groups in total. The van der Waals surface area contributed by atoms with Gasteiger partial charge >= 0.3 is 0 Å². The van der Waals surface area contributed by atoms with Gasteiger partial charge in [0.05, 0.1) is 0 Å². The summed E-state index contributed by atoms with van der Waals surface area (Å²) in [6.07, 6.45) is 4.92. The van der Waals surface area contributed by atoms with Crippen molar-refractivity contribution in [2.45, 2.75) is 51.2 Å². The van der Waals surface area contributed by atoms with Crippen LogP contribution in [0.15, 0.2) is 5.16 Å². The van der Waals surface area contributed by atoms with E-state index in [0.29, 0.717) is 0 Å². The van der Waals surface area contributed by atoms with Gasteiger partial charge in [-0.1, -0.05) is 32.0 Å². The number of hydrogen-bond donors (Lipinski definition) is 1. The van der Waals surface area contributed by atoms with Gasteiger partial charge < -0.3 is 4.57 Å². The van der Waals surface area contributed by atoms with Crippen molar-refractivity contribution >= 4 is 24.4 Å². The van der Waals surface area contributed by atoms with Crippen LogP contribution in [0.4, 0.5) is 0 Å². The number of nitrogens with zero attached hydrogens (tertiary/aromatic N) is 3. The first-order valence-electron chi connectivity index (χ1n) is 6.28. The number of thiol groups is 1. The summed E-state index contributed by atoms with van der Waals surface area (Å²) in [5.41, 5.74) is 0.255. The molecular weight excluding hydrogens is 250 g/mol. The van der Waals surface area contributed by atoms with Gasteiger partial charge in [0.25, 0.3) is 0 Å². The monoisotopic (exact) mass is 271 g/mol. The molecule has 0 unspecified atom stereocenters. The zero-order valence-electron chi connectivity index (χ0n) is 10.6. The highest BCUT2D eigenvalue weighted by atomic mass is 32.2. The molecule has 0 saturated carbocycles. The van der Waals surface area contributed by atoms with Gasteiger partial charge in [-0.2, -0.15) is 12.6 Å². The zero-order valence-corrected chi connectivity index (χ0v) is 12.4. The van der Waals surface area contributed by atoms with Crippen LogP contribution in [0.3, 0.4) is 0 Å². The van der Waals surface area contributed by atoms with E-state index in [1.54, 1.807) is 0 Å². The topological polar surface area (TPSA) is 30.7 Å². The fraction of sp³-hybridized carbons (Fsp3) is 0.833. The highest BCUT2D eigenvalue weighted by Crippen LogP contribution is 2.29. The summed E-state index contributed by atoms with van der Waals surface area (Å²) in [4.78, 5) is 0. The van der Waals surface area contributed by atoms with E-state index in [1.807, 2.05) is 11.8 Å². The molecule has 0 amide bonds. The molecule has 2 heterocycles. The lowest BCUT2D eigenvalue weighted by Crippen LogP contribution is -2.17. The van der Waals surface area contributed by atoms with Crippen molar-refractivity contribution < 1.29 is 0 Å². The second-order valence-electron chi connectivity index (χ2n) is 5.47. The van der Waals surface area contributed by atoms with Crippen molar-refractivity contribution in [2.75, 3.05) is 11.5 Å². The lowest BCUT2D eigenvalue weighted by Gasteiger charge is -2.20. The lowest BCUT2D eigenvalue weighted by atomic mass is 10.0. The molecule has 3 nitrogen and oxygen atoms in total. The minimum atomic E-state index is 0.255. The van der Waals surface area contributed by atoms with Crippen LogP contribution >= 0.6 is 24.4 Å². The third kappa shape index (κ3) is 3.41. The molecule has 5 heteroatoms. The Morgan fingerprint density at radius 2 is 2.12 bits per heavy atom. The Kier molecular flexibility index (Phi) is 4.42. The summed E-state index contributed by atoms with van der Waals surface area (Å²) >= 11 is 6.22. The molecule has 17 heavy (non-hydrogen) atoms. The molecule has 0 aromatic carbocycles. The maximum absolute atomic E-state index is 4.39. The fourth-order valence-electron chi connectivity index (χ4n) is 1.87. The summed E-state index contributed by atoms with van der Waals surface area (Å²) in [5, 5.41) is 9.74. The SMILES string of the molecule is CC(C)(CS)CSc1nnc2n1CCCCC2. The number of fused-ring (bicyclic) bond motifs is 1. The predicted octanol–water partition coefficient (Wildman–Crippen LogP) is 3.05. The number of thioether (sulfide) groups is 1. The second kappa shape index (κ2) is 5.65. The van der Waals surface area contributed by atoms with E-state index in [-0.39, 0.29) is 5.41 Å². The Balaban J connectivity index is 2.04. The summed E-state index contributed by atoms with van der Waals surface area (Å²) in [6, 6.07) is 0. The van der Waals surface area contributed by atoms with Gasteiger partial charge in [-0.15, -0.1) is 10.2 Å². The molecule has 2 rings (SSSR count). The highest BCUT2D eigenvalue weighted by Gasteiger charge is 2.20. The molecule has 1 aromatic heterocycles. The van der Waals surface area contributed by atoms with Crippen molar-refractivity contribution in [2.24, 2.45) is 5.41 Å². The maximum atomic E-state index is 4.39. The van der Waals surface area contributed by atoms with Crippen molar-refractivity contribution in [3.05, 3.63) is 5.82 Å². The van der Waals surface area contributed by atoms with E-state index in [4.69, 9.17) is 0 Å². The molecule has 0 fully saturated rings. The van der Waals surface area contributed by atoms with E-state index in [0.717, 1.165) is 29.6 Å². The van der Waals surface area contributed by atoms with Gasteiger partial charge in [0, 0.05) is 18.7 Å². The lowest BCUT2D eigenvalue weighted by molar-refractivity contribution is 0.492. The number of rotatable bonds is 4. The second-order valence-corrected chi connectivity index (χ2v) is 6.73. The largest absolute Gasteiger partial charge is 0.306 e. The normalized spacial score (nSPS) is 16.6. The fourth-order valence-corrected chi connectivity index (χ4v) is 3.21. The number of hydrogen-bond acceptors (Lipinski definition) is 4. The minimum absolute atomic E-state index is 0.255. The molecule has 0 saturated heterocycles. The van der Waals surface area contributed by atoms with Gasteiger partial charge in [0.15, 0.2) is 5.16 Å². The van der Waals surface area contributed by atoms with Crippen molar-refractivity contribution in [3.8, 4) is 0 Å². The Morgan fingerprint density at radius 3 is 2.88 bits per heavy atom. The van der Waals surface area contributed by atoms with Gasteiger partial charge in [-0.05, 0) is 24.0 Å². The van der Waals surface area contributed by atoms with Crippen molar-refractivity contribution in [1.82, 2.24) is 14.8 Å². The Hall–Kier alpha value is -0.160. The average molecular weight is 271 g/mol. The average Bonchev–Trinajstić information content (AvgIpc) is 2.55. The van der Waals surface area contributed by atoms with Crippen LogP contribution in [0.2, 0.25) is 0 Å². The van der Waals surface area contributed by atoms with Crippen LogP contribution in [0.5, 0.6) is 0 Å². The smallest absolute Gasteiger partial charge is 0.191 e. The molecule has 96 valence electrons. The Bertz CT molecular complexity index is 374. The third-order valence-electron chi connectivity index (χ3n) is 3.10. The summed E-state index contributed by atoms with van der Waals surface area (Å²) in [6.45, 7) is 5.57. The quantitative estimate of drug-likeness (QED) is 0.674. The van der Waals surface area contributed by atoms with Gasteiger partial charge in [-0.25, -0.2) is 0 Å². The van der Waals surface area contributed by atoms with Crippen LogP contribution in [0.25, 0.3) is 0 Å². The maximum Gasteiger partial charge on any atom is 0.191 e. The molecule has 0 aliphatic carbocycles. The highest BCUT2D eigenvalue weighted by molar-refractivity contribution is 7.99. The van der Waals surface area contributed by atoms with Crippen molar-refractivity contribution in [3.63, 3.8) is 0 Å². The Labute approximate surface area is 113 Å². The van der Waals surface area contributed by atoms with E-state index in [9.17, 15) is 0 Å². The van der Waals surface area contributed by atoms with E-state index in [2.05, 4.69) is 41.2 Å².